The molecule has 1 N–H and O–H groups in total. The summed E-state index contributed by atoms with van der Waals surface area (Å²) in [6.07, 6.45) is 1.50. The van der Waals surface area contributed by atoms with E-state index in [9.17, 15) is 8.42 Å². The van der Waals surface area contributed by atoms with Crippen LogP contribution >= 0.6 is 0 Å². The summed E-state index contributed by atoms with van der Waals surface area (Å²) in [6.45, 7) is 1.78. The molecule has 0 amide bonds. The molecular formula is C10H18O5S. The predicted molar refractivity (Wildman–Crippen MR) is 57.7 cm³/mol. The molecule has 94 valence electrons. The predicted octanol–water partition coefficient (Wildman–Crippen LogP) is -0.0649. The van der Waals surface area contributed by atoms with E-state index in [1.807, 2.05) is 0 Å². The monoisotopic (exact) mass is 250 g/mol. The number of hydrogen-bond acceptors (Lipinski definition) is 5. The average Bonchev–Trinajstić information content (AvgIpc) is 3.02. The molecule has 0 unspecified atom stereocenters. The number of aliphatic hydroxyl groups excluding tert-OH is 1. The first-order valence-corrected chi connectivity index (χ1v) is 7.46. The van der Waals surface area contributed by atoms with Gasteiger partial charge in [-0.25, -0.2) is 8.42 Å². The maximum atomic E-state index is 11.7. The van der Waals surface area contributed by atoms with E-state index in [4.69, 9.17) is 14.6 Å². The highest BCUT2D eigenvalue weighted by atomic mass is 32.2. The molecule has 1 aliphatic heterocycles. The van der Waals surface area contributed by atoms with Gasteiger partial charge in [0.05, 0.1) is 13.2 Å². The lowest BCUT2D eigenvalue weighted by Crippen LogP contribution is -2.42. The van der Waals surface area contributed by atoms with Gasteiger partial charge in [0.15, 0.2) is 15.6 Å². The minimum Gasteiger partial charge on any atom is -0.394 e. The lowest BCUT2D eigenvalue weighted by Gasteiger charge is -2.27. The van der Waals surface area contributed by atoms with E-state index in [1.54, 1.807) is 6.92 Å². The third kappa shape index (κ3) is 2.40. The average molecular weight is 250 g/mol. The highest BCUT2D eigenvalue weighted by molar-refractivity contribution is 7.91. The number of aliphatic hydroxyl groups is 1. The van der Waals surface area contributed by atoms with Gasteiger partial charge in [-0.1, -0.05) is 6.92 Å². The lowest BCUT2D eigenvalue weighted by atomic mass is 10.2. The quantitative estimate of drug-likeness (QED) is 0.739. The van der Waals surface area contributed by atoms with Gasteiger partial charge in [0.1, 0.15) is 11.9 Å². The van der Waals surface area contributed by atoms with E-state index in [0.29, 0.717) is 0 Å². The van der Waals surface area contributed by atoms with Crippen molar-refractivity contribution >= 4 is 9.84 Å². The Balaban J connectivity index is 2.12. The second kappa shape index (κ2) is 4.25. The van der Waals surface area contributed by atoms with Crippen LogP contribution in [0.3, 0.4) is 0 Å². The van der Waals surface area contributed by atoms with Crippen molar-refractivity contribution in [2.24, 2.45) is 5.92 Å². The first-order chi connectivity index (χ1) is 7.51. The number of rotatable bonds is 5. The molecule has 2 rings (SSSR count). The van der Waals surface area contributed by atoms with Gasteiger partial charge in [0.2, 0.25) is 0 Å². The van der Waals surface area contributed by atoms with Gasteiger partial charge in [-0.2, -0.15) is 0 Å². The smallest absolute Gasteiger partial charge is 0.185 e. The van der Waals surface area contributed by atoms with Crippen LogP contribution in [-0.4, -0.2) is 50.1 Å². The van der Waals surface area contributed by atoms with Gasteiger partial charge in [0.25, 0.3) is 0 Å². The number of ether oxygens (including phenoxy) is 2. The lowest BCUT2D eigenvalue weighted by molar-refractivity contribution is -0.169. The molecular weight excluding hydrogens is 232 g/mol. The SMILES string of the molecule is CCS(=O)(=O)C[C@]1(C2CC2)OC[C@@H](CO)O1. The van der Waals surface area contributed by atoms with E-state index in [0.717, 1.165) is 12.8 Å². The molecule has 0 aromatic carbocycles. The van der Waals surface area contributed by atoms with Crippen LogP contribution in [0.5, 0.6) is 0 Å². The summed E-state index contributed by atoms with van der Waals surface area (Å²) >= 11 is 0. The Kier molecular flexibility index (Phi) is 3.27. The Bertz CT molecular complexity index is 348. The van der Waals surface area contributed by atoms with Crippen molar-refractivity contribution in [1.82, 2.24) is 0 Å². The maximum absolute atomic E-state index is 11.7. The van der Waals surface area contributed by atoms with Crippen molar-refractivity contribution < 1.29 is 23.0 Å². The van der Waals surface area contributed by atoms with E-state index < -0.39 is 15.6 Å². The standard InChI is InChI=1S/C10H18O5S/c1-2-16(12,13)7-10(8-3-4-8)14-6-9(5-11)15-10/h8-9,11H,2-7H2,1H3/t9-,10+/m1/s1. The summed E-state index contributed by atoms with van der Waals surface area (Å²) in [6, 6.07) is 0. The minimum atomic E-state index is -3.13. The van der Waals surface area contributed by atoms with E-state index in [1.165, 1.54) is 0 Å². The summed E-state index contributed by atoms with van der Waals surface area (Å²) in [5, 5.41) is 9.00. The molecule has 0 bridgehead atoms. The normalized spacial score (nSPS) is 35.5. The van der Waals surface area contributed by atoms with Crippen molar-refractivity contribution in [2.45, 2.75) is 31.7 Å². The Morgan fingerprint density at radius 2 is 2.12 bits per heavy atom. The van der Waals surface area contributed by atoms with Crippen molar-refractivity contribution in [2.75, 3.05) is 24.7 Å². The first-order valence-electron chi connectivity index (χ1n) is 5.64. The summed E-state index contributed by atoms with van der Waals surface area (Å²) in [4.78, 5) is 0. The van der Waals surface area contributed by atoms with Gasteiger partial charge in [-0.05, 0) is 12.8 Å². The molecule has 2 aliphatic rings. The zero-order valence-corrected chi connectivity index (χ0v) is 10.2. The second-order valence-corrected chi connectivity index (χ2v) is 6.85. The fourth-order valence-corrected chi connectivity index (χ4v) is 3.22. The molecule has 0 aromatic heterocycles. The molecule has 2 atom stereocenters. The van der Waals surface area contributed by atoms with Crippen LogP contribution in [0.15, 0.2) is 0 Å². The largest absolute Gasteiger partial charge is 0.394 e. The summed E-state index contributed by atoms with van der Waals surface area (Å²) in [5.41, 5.74) is 0. The van der Waals surface area contributed by atoms with Crippen molar-refractivity contribution in [1.29, 1.82) is 0 Å². The van der Waals surface area contributed by atoms with Crippen molar-refractivity contribution in [3.05, 3.63) is 0 Å². The molecule has 1 saturated carbocycles. The first kappa shape index (κ1) is 12.3. The molecule has 0 spiro atoms. The zero-order chi connectivity index (χ0) is 11.8. The number of sulfone groups is 1. The topological polar surface area (TPSA) is 72.8 Å². The Hall–Kier alpha value is -0.170. The highest BCUT2D eigenvalue weighted by Gasteiger charge is 2.54. The van der Waals surface area contributed by atoms with Crippen LogP contribution in [0.1, 0.15) is 19.8 Å². The molecule has 6 heteroatoms. The molecule has 1 heterocycles. The summed E-state index contributed by atoms with van der Waals surface area (Å²) in [7, 11) is -3.13. The summed E-state index contributed by atoms with van der Waals surface area (Å²) in [5.74, 6) is -0.803. The molecule has 5 nitrogen and oxygen atoms in total. The fourth-order valence-electron chi connectivity index (χ4n) is 2.01. The Morgan fingerprint density at radius 1 is 1.44 bits per heavy atom. The van der Waals surface area contributed by atoms with Gasteiger partial charge >= 0.3 is 0 Å². The molecule has 16 heavy (non-hydrogen) atoms. The van der Waals surface area contributed by atoms with E-state index >= 15 is 0 Å². The van der Waals surface area contributed by atoms with Gasteiger partial charge < -0.3 is 14.6 Å². The van der Waals surface area contributed by atoms with Crippen LogP contribution in [0.25, 0.3) is 0 Å². The third-order valence-corrected chi connectivity index (χ3v) is 4.87. The Labute approximate surface area is 95.7 Å². The summed E-state index contributed by atoms with van der Waals surface area (Å²) < 4.78 is 34.5. The van der Waals surface area contributed by atoms with Crippen LogP contribution in [0, 0.1) is 5.92 Å². The maximum Gasteiger partial charge on any atom is 0.185 e. The third-order valence-electron chi connectivity index (χ3n) is 3.14. The minimum absolute atomic E-state index is 0.0856. The highest BCUT2D eigenvalue weighted by Crippen LogP contribution is 2.46. The molecule has 2 fully saturated rings. The van der Waals surface area contributed by atoms with Gasteiger partial charge in [-0.15, -0.1) is 0 Å². The molecule has 0 aromatic rings. The second-order valence-electron chi connectivity index (χ2n) is 4.50. The van der Waals surface area contributed by atoms with Crippen molar-refractivity contribution in [3.8, 4) is 0 Å². The van der Waals surface area contributed by atoms with Crippen molar-refractivity contribution in [3.63, 3.8) is 0 Å². The molecule has 1 aliphatic carbocycles. The van der Waals surface area contributed by atoms with Crippen LogP contribution in [-0.2, 0) is 19.3 Å². The van der Waals surface area contributed by atoms with Crippen LogP contribution in [0.2, 0.25) is 0 Å². The molecule has 1 saturated heterocycles. The van der Waals surface area contributed by atoms with E-state index in [2.05, 4.69) is 0 Å². The fraction of sp³-hybridized carbons (Fsp3) is 1.00. The van der Waals surface area contributed by atoms with Crippen LogP contribution in [0.4, 0.5) is 0 Å². The van der Waals surface area contributed by atoms with Gasteiger partial charge in [-0.3, -0.25) is 0 Å². The Morgan fingerprint density at radius 3 is 2.56 bits per heavy atom. The zero-order valence-electron chi connectivity index (χ0n) is 9.39. The number of hydrogen-bond donors (Lipinski definition) is 1. The van der Waals surface area contributed by atoms with E-state index in [-0.39, 0.29) is 36.7 Å². The molecule has 0 radical (unpaired) electrons. The van der Waals surface area contributed by atoms with Crippen LogP contribution < -0.4 is 0 Å². The van der Waals surface area contributed by atoms with Gasteiger partial charge in [0, 0.05) is 11.7 Å².